The van der Waals surface area contributed by atoms with E-state index in [0.717, 1.165) is 24.8 Å². The molecule has 0 amide bonds. The summed E-state index contributed by atoms with van der Waals surface area (Å²) < 4.78 is 1.24. The molecule has 112 valence electrons. The largest absolute Gasteiger partial charge is 0.370 e. The van der Waals surface area contributed by atoms with Crippen LogP contribution in [0.5, 0.6) is 0 Å². The molecule has 0 fully saturated rings. The number of nitrogens with two attached hydrogens (primary N) is 1. The molecule has 0 spiro atoms. The van der Waals surface area contributed by atoms with E-state index in [9.17, 15) is 4.79 Å². The summed E-state index contributed by atoms with van der Waals surface area (Å²) in [6, 6.07) is 8.07. The van der Waals surface area contributed by atoms with Gasteiger partial charge in [0.15, 0.2) is 5.96 Å². The minimum Gasteiger partial charge on any atom is -0.370 e. The number of fused-ring (bicyclic) bond motifs is 1. The van der Waals surface area contributed by atoms with Crippen molar-refractivity contribution in [2.24, 2.45) is 10.7 Å². The first kappa shape index (κ1) is 15.5. The van der Waals surface area contributed by atoms with Crippen molar-refractivity contribution in [3.8, 4) is 0 Å². The maximum Gasteiger partial charge on any atom is 0.191 e. The Labute approximate surface area is 129 Å². The predicted molar refractivity (Wildman–Crippen MR) is 89.8 cm³/mol. The van der Waals surface area contributed by atoms with Crippen LogP contribution < -0.4 is 5.73 Å². The van der Waals surface area contributed by atoms with Gasteiger partial charge in [-0.1, -0.05) is 13.0 Å². The third-order valence-corrected chi connectivity index (χ3v) is 4.32. The van der Waals surface area contributed by atoms with Gasteiger partial charge in [-0.05, 0) is 40.9 Å². The summed E-state index contributed by atoms with van der Waals surface area (Å²) in [6.45, 7) is 2.95. The van der Waals surface area contributed by atoms with E-state index in [2.05, 4.69) is 35.5 Å². The minimum atomic E-state index is -0.217. The van der Waals surface area contributed by atoms with Crippen molar-refractivity contribution in [3.63, 3.8) is 0 Å². The maximum absolute atomic E-state index is 11.0. The van der Waals surface area contributed by atoms with Crippen LogP contribution in [0.1, 0.15) is 31.4 Å². The molecule has 1 heterocycles. The summed E-state index contributed by atoms with van der Waals surface area (Å²) in [6.07, 6.45) is 2.25. The molecule has 2 rings (SSSR count). The molecule has 0 saturated carbocycles. The van der Waals surface area contributed by atoms with Crippen molar-refractivity contribution in [2.75, 3.05) is 13.6 Å². The molecule has 1 aromatic carbocycles. The third kappa shape index (κ3) is 3.82. The zero-order valence-electron chi connectivity index (χ0n) is 12.5. The molecule has 1 atom stereocenters. The molecule has 4 nitrogen and oxygen atoms in total. The normalized spacial score (nSPS) is 13.3. The molecule has 21 heavy (non-hydrogen) atoms. The Morgan fingerprint density at radius 3 is 3.00 bits per heavy atom. The molecule has 0 aliphatic rings. The van der Waals surface area contributed by atoms with Crippen molar-refractivity contribution in [2.45, 2.75) is 25.8 Å². The van der Waals surface area contributed by atoms with Crippen LogP contribution in [0.4, 0.5) is 0 Å². The zero-order valence-corrected chi connectivity index (χ0v) is 13.3. The number of carbonyl (C=O) groups is 1. The highest BCUT2D eigenvalue weighted by atomic mass is 32.1. The fourth-order valence-electron chi connectivity index (χ4n) is 2.26. The number of thiophene rings is 1. The van der Waals surface area contributed by atoms with Crippen LogP contribution in [-0.2, 0) is 4.79 Å². The number of aliphatic imine (C=N–C) groups is 1. The number of aldehydes is 1. The lowest BCUT2D eigenvalue weighted by Crippen LogP contribution is -2.35. The molecule has 2 aromatic rings. The van der Waals surface area contributed by atoms with E-state index in [4.69, 9.17) is 5.73 Å². The van der Waals surface area contributed by atoms with Gasteiger partial charge in [-0.2, -0.15) is 0 Å². The lowest BCUT2D eigenvalue weighted by atomic mass is 10.0. The average molecular weight is 303 g/mol. The Morgan fingerprint density at radius 1 is 1.48 bits per heavy atom. The number of hydrogen-bond donors (Lipinski definition) is 1. The van der Waals surface area contributed by atoms with Crippen molar-refractivity contribution in [1.82, 2.24) is 4.90 Å². The SMILES string of the molecule is CCCN(C)C(N)=NC(CC=O)c1ccc2sccc2c1. The number of benzene rings is 1. The second kappa shape index (κ2) is 7.22. The van der Waals surface area contributed by atoms with Crippen molar-refractivity contribution < 1.29 is 4.79 Å². The lowest BCUT2D eigenvalue weighted by Gasteiger charge is -2.19. The van der Waals surface area contributed by atoms with Crippen molar-refractivity contribution in [3.05, 3.63) is 35.2 Å². The van der Waals surface area contributed by atoms with Crippen LogP contribution >= 0.6 is 11.3 Å². The summed E-state index contributed by atoms with van der Waals surface area (Å²) in [4.78, 5) is 17.4. The molecule has 0 bridgehead atoms. The minimum absolute atomic E-state index is 0.217. The van der Waals surface area contributed by atoms with Gasteiger partial charge < -0.3 is 15.4 Å². The van der Waals surface area contributed by atoms with E-state index in [1.807, 2.05) is 18.0 Å². The zero-order chi connectivity index (χ0) is 15.2. The van der Waals surface area contributed by atoms with Gasteiger partial charge in [0.1, 0.15) is 6.29 Å². The quantitative estimate of drug-likeness (QED) is 0.506. The Bertz CT molecular complexity index is 635. The first-order valence-corrected chi connectivity index (χ1v) is 7.99. The van der Waals surface area contributed by atoms with E-state index < -0.39 is 0 Å². The van der Waals surface area contributed by atoms with Crippen LogP contribution in [0.3, 0.4) is 0 Å². The summed E-state index contributed by atoms with van der Waals surface area (Å²) in [7, 11) is 1.92. The molecule has 0 aliphatic heterocycles. The summed E-state index contributed by atoms with van der Waals surface area (Å²) in [5, 5.41) is 3.25. The van der Waals surface area contributed by atoms with Gasteiger partial charge in [0, 0.05) is 24.7 Å². The monoisotopic (exact) mass is 303 g/mol. The van der Waals surface area contributed by atoms with Gasteiger partial charge in [-0.15, -0.1) is 11.3 Å². The fourth-order valence-corrected chi connectivity index (χ4v) is 3.03. The summed E-state index contributed by atoms with van der Waals surface area (Å²) in [5.74, 6) is 0.481. The molecule has 0 aliphatic carbocycles. The number of rotatable bonds is 6. The Hall–Kier alpha value is -1.88. The van der Waals surface area contributed by atoms with Crippen molar-refractivity contribution >= 4 is 33.7 Å². The molecule has 2 N–H and O–H groups in total. The Kier molecular flexibility index (Phi) is 5.33. The molecule has 0 radical (unpaired) electrons. The lowest BCUT2D eigenvalue weighted by molar-refractivity contribution is -0.108. The second-order valence-corrected chi connectivity index (χ2v) is 5.99. The topological polar surface area (TPSA) is 58.7 Å². The number of carbonyl (C=O) groups excluding carboxylic acids is 1. The number of guanidine groups is 1. The van der Waals surface area contributed by atoms with Gasteiger partial charge in [0.2, 0.25) is 0 Å². The highest BCUT2D eigenvalue weighted by Gasteiger charge is 2.12. The average Bonchev–Trinajstić information content (AvgIpc) is 2.94. The van der Waals surface area contributed by atoms with Crippen LogP contribution in [-0.4, -0.2) is 30.7 Å². The molecule has 0 saturated heterocycles. The van der Waals surface area contributed by atoms with Crippen LogP contribution in [0, 0.1) is 0 Å². The number of nitrogens with zero attached hydrogens (tertiary/aromatic N) is 2. The van der Waals surface area contributed by atoms with Gasteiger partial charge in [-0.3, -0.25) is 0 Å². The van der Waals surface area contributed by atoms with Crippen LogP contribution in [0.25, 0.3) is 10.1 Å². The predicted octanol–water partition coefficient (Wildman–Crippen LogP) is 3.19. The second-order valence-electron chi connectivity index (χ2n) is 5.04. The van der Waals surface area contributed by atoms with Crippen LogP contribution in [0.15, 0.2) is 34.6 Å². The molecule has 1 aromatic heterocycles. The van der Waals surface area contributed by atoms with Gasteiger partial charge in [0.25, 0.3) is 0 Å². The van der Waals surface area contributed by atoms with E-state index in [-0.39, 0.29) is 6.04 Å². The smallest absolute Gasteiger partial charge is 0.191 e. The van der Waals surface area contributed by atoms with Gasteiger partial charge in [0.05, 0.1) is 6.04 Å². The van der Waals surface area contributed by atoms with E-state index in [1.165, 1.54) is 10.1 Å². The molecule has 1 unspecified atom stereocenters. The highest BCUT2D eigenvalue weighted by Crippen LogP contribution is 2.27. The van der Waals surface area contributed by atoms with Gasteiger partial charge >= 0.3 is 0 Å². The maximum atomic E-state index is 11.0. The number of hydrogen-bond acceptors (Lipinski definition) is 3. The third-order valence-electron chi connectivity index (χ3n) is 3.42. The summed E-state index contributed by atoms with van der Waals surface area (Å²) >= 11 is 1.71. The van der Waals surface area contributed by atoms with Gasteiger partial charge in [-0.25, -0.2) is 4.99 Å². The Balaban J connectivity index is 2.28. The Morgan fingerprint density at radius 2 is 2.29 bits per heavy atom. The van der Waals surface area contributed by atoms with Crippen molar-refractivity contribution in [1.29, 1.82) is 0 Å². The highest BCUT2D eigenvalue weighted by molar-refractivity contribution is 7.17. The molecular weight excluding hydrogens is 282 g/mol. The van der Waals surface area contributed by atoms with Crippen LogP contribution in [0.2, 0.25) is 0 Å². The van der Waals surface area contributed by atoms with E-state index >= 15 is 0 Å². The fraction of sp³-hybridized carbons (Fsp3) is 0.375. The first-order chi connectivity index (χ1) is 10.2. The molecule has 5 heteroatoms. The standard InChI is InChI=1S/C16H21N3OS/c1-3-8-19(2)16(17)18-14(6-9-20)12-4-5-15-13(11-12)7-10-21-15/h4-5,7,9-11,14H,3,6,8H2,1-2H3,(H2,17,18). The summed E-state index contributed by atoms with van der Waals surface area (Å²) in [5.41, 5.74) is 7.06. The van der Waals surface area contributed by atoms with E-state index in [1.54, 1.807) is 11.3 Å². The molecular formula is C16H21N3OS. The van der Waals surface area contributed by atoms with E-state index in [0.29, 0.717) is 12.4 Å². The first-order valence-electron chi connectivity index (χ1n) is 7.11.